The van der Waals surface area contributed by atoms with Crippen molar-refractivity contribution in [2.24, 2.45) is 0 Å². The van der Waals surface area contributed by atoms with Crippen molar-refractivity contribution in [1.82, 2.24) is 24.8 Å². The first kappa shape index (κ1) is 20.1. The van der Waals surface area contributed by atoms with Gasteiger partial charge in [-0.25, -0.2) is 15.0 Å². The summed E-state index contributed by atoms with van der Waals surface area (Å²) in [6.45, 7) is 4.17. The molecule has 0 radical (unpaired) electrons. The molecule has 2 aromatic heterocycles. The molecule has 25 heavy (non-hydrogen) atoms. The Hall–Kier alpha value is -1.19. The molecule has 0 bridgehead atoms. The summed E-state index contributed by atoms with van der Waals surface area (Å²) < 4.78 is 8.10. The second kappa shape index (κ2) is 7.20. The Kier molecular flexibility index (Phi) is 5.80. The molecule has 2 aliphatic rings. The van der Waals surface area contributed by atoms with Gasteiger partial charge in [-0.3, -0.25) is 0 Å². The van der Waals surface area contributed by atoms with Crippen LogP contribution < -0.4 is 11.1 Å². The summed E-state index contributed by atoms with van der Waals surface area (Å²) in [5.41, 5.74) is 5.92. The van der Waals surface area contributed by atoms with Crippen LogP contribution in [-0.4, -0.2) is 55.5 Å². The predicted octanol–water partition coefficient (Wildman–Crippen LogP) is 1.09. The van der Waals surface area contributed by atoms with Gasteiger partial charge in [0.25, 0.3) is 0 Å². The lowest BCUT2D eigenvalue weighted by Gasteiger charge is -2.50. The molecule has 10 heteroatoms. The van der Waals surface area contributed by atoms with Crippen LogP contribution in [0.15, 0.2) is 12.7 Å². The lowest BCUT2D eigenvalue weighted by atomic mass is 9.76. The zero-order valence-electron chi connectivity index (χ0n) is 14.0. The van der Waals surface area contributed by atoms with Crippen molar-refractivity contribution in [3.8, 4) is 0 Å². The lowest BCUT2D eigenvalue weighted by molar-refractivity contribution is -0.189. The highest BCUT2D eigenvalue weighted by molar-refractivity contribution is 5.85. The van der Waals surface area contributed by atoms with Crippen molar-refractivity contribution in [1.29, 1.82) is 0 Å². The van der Waals surface area contributed by atoms with E-state index in [0.29, 0.717) is 30.0 Å². The van der Waals surface area contributed by atoms with Crippen molar-refractivity contribution in [3.63, 3.8) is 0 Å². The number of aromatic nitrogens is 4. The van der Waals surface area contributed by atoms with Gasteiger partial charge in [-0.1, -0.05) is 0 Å². The quantitative estimate of drug-likeness (QED) is 0.667. The van der Waals surface area contributed by atoms with E-state index in [1.54, 1.807) is 6.33 Å². The Morgan fingerprint density at radius 3 is 2.68 bits per heavy atom. The van der Waals surface area contributed by atoms with E-state index in [0.717, 1.165) is 25.9 Å². The third-order valence-corrected chi connectivity index (χ3v) is 5.18. The number of hydrogen-bond acceptors (Lipinski definition) is 7. The smallest absolute Gasteiger partial charge is 0.165 e. The Labute approximate surface area is 158 Å². The largest absolute Gasteiger partial charge is 0.388 e. The summed E-state index contributed by atoms with van der Waals surface area (Å²) in [4.78, 5) is 12.5. The van der Waals surface area contributed by atoms with Crippen molar-refractivity contribution in [2.75, 3.05) is 25.4 Å². The summed E-state index contributed by atoms with van der Waals surface area (Å²) in [5, 5.41) is 14.5. The van der Waals surface area contributed by atoms with Gasteiger partial charge < -0.3 is 25.5 Å². The number of nitrogens with zero attached hydrogens (tertiary/aromatic N) is 4. The fraction of sp³-hybridized carbons (Fsp3) is 0.667. The number of aliphatic hydroxyl groups is 1. The second-order valence-electron chi connectivity index (χ2n) is 6.88. The summed E-state index contributed by atoms with van der Waals surface area (Å²) in [7, 11) is 0. The Morgan fingerprint density at radius 2 is 2.00 bits per heavy atom. The zero-order chi connectivity index (χ0) is 16.1. The third-order valence-electron chi connectivity index (χ3n) is 5.18. The number of piperidine rings is 1. The summed E-state index contributed by atoms with van der Waals surface area (Å²) in [5.74, 6) is 0.347. The van der Waals surface area contributed by atoms with Crippen molar-refractivity contribution in [2.45, 2.75) is 43.4 Å². The monoisotopic (exact) mass is 390 g/mol. The number of halogens is 2. The Morgan fingerprint density at radius 1 is 1.28 bits per heavy atom. The minimum absolute atomic E-state index is 0. The summed E-state index contributed by atoms with van der Waals surface area (Å²) >= 11 is 0. The maximum atomic E-state index is 11.1. The Bertz CT molecular complexity index is 732. The average molecular weight is 391 g/mol. The molecule has 2 atom stereocenters. The van der Waals surface area contributed by atoms with Crippen LogP contribution in [0.25, 0.3) is 11.2 Å². The van der Waals surface area contributed by atoms with Gasteiger partial charge in [0.1, 0.15) is 11.8 Å². The van der Waals surface area contributed by atoms with E-state index in [9.17, 15) is 5.11 Å². The number of fused-ring (bicyclic) bond motifs is 1. The zero-order valence-corrected chi connectivity index (χ0v) is 15.6. The SMILES string of the molecule is C[C@]1(O)CC2(CCNCC2)OC[C@@H]1n1cnc2c(N)ncnc21.Cl.Cl. The van der Waals surface area contributed by atoms with Gasteiger partial charge in [0, 0.05) is 6.42 Å². The van der Waals surface area contributed by atoms with E-state index in [-0.39, 0.29) is 36.5 Å². The molecule has 2 saturated heterocycles. The van der Waals surface area contributed by atoms with Crippen LogP contribution >= 0.6 is 24.8 Å². The van der Waals surface area contributed by atoms with E-state index in [4.69, 9.17) is 10.5 Å². The molecule has 1 spiro atoms. The number of nitrogens with two attached hydrogens (primary N) is 1. The molecule has 8 nitrogen and oxygen atoms in total. The topological polar surface area (TPSA) is 111 Å². The highest BCUT2D eigenvalue weighted by Gasteiger charge is 2.49. The number of anilines is 1. The van der Waals surface area contributed by atoms with Crippen LogP contribution in [0.2, 0.25) is 0 Å². The van der Waals surface area contributed by atoms with E-state index in [2.05, 4.69) is 20.3 Å². The van der Waals surface area contributed by atoms with E-state index in [1.807, 2.05) is 11.5 Å². The minimum atomic E-state index is -0.900. The molecule has 0 aliphatic carbocycles. The second-order valence-corrected chi connectivity index (χ2v) is 6.88. The number of rotatable bonds is 1. The van der Waals surface area contributed by atoms with Gasteiger partial charge in [-0.2, -0.15) is 0 Å². The normalized spacial score (nSPS) is 28.3. The molecule has 4 heterocycles. The molecule has 0 aromatic carbocycles. The number of nitrogens with one attached hydrogen (secondary N) is 1. The average Bonchev–Trinajstić information content (AvgIpc) is 2.92. The van der Waals surface area contributed by atoms with Gasteiger partial charge >= 0.3 is 0 Å². The summed E-state index contributed by atoms with van der Waals surface area (Å²) in [6.07, 6.45) is 5.54. The van der Waals surface area contributed by atoms with Crippen LogP contribution in [-0.2, 0) is 4.74 Å². The fourth-order valence-corrected chi connectivity index (χ4v) is 3.94. The van der Waals surface area contributed by atoms with Crippen LogP contribution in [0, 0.1) is 0 Å². The van der Waals surface area contributed by atoms with Crippen molar-refractivity contribution < 1.29 is 9.84 Å². The van der Waals surface area contributed by atoms with Gasteiger partial charge in [0.15, 0.2) is 11.5 Å². The molecule has 0 amide bonds. The molecule has 4 rings (SSSR count). The number of nitrogen functional groups attached to an aromatic ring is 1. The Balaban J connectivity index is 0.00000113. The summed E-state index contributed by atoms with van der Waals surface area (Å²) in [6, 6.07) is -0.248. The van der Waals surface area contributed by atoms with Crippen LogP contribution in [0.4, 0.5) is 5.82 Å². The van der Waals surface area contributed by atoms with Gasteiger partial charge in [0.2, 0.25) is 0 Å². The van der Waals surface area contributed by atoms with Crippen molar-refractivity contribution in [3.05, 3.63) is 12.7 Å². The van der Waals surface area contributed by atoms with E-state index in [1.165, 1.54) is 6.33 Å². The third kappa shape index (κ3) is 3.41. The standard InChI is InChI=1S/C15H22N6O2.2ClH/c1-14(22)7-15(2-4-17-5-3-15)23-6-10(14)21-9-20-11-12(16)18-8-19-13(11)21;;/h8-10,17,22H,2-7H2,1H3,(H2,16,18,19);2*1H/t10-,14-;;/m0../s1. The molecule has 4 N–H and O–H groups in total. The molecular formula is C15H24Cl2N6O2. The number of ether oxygens (including phenoxy) is 1. The predicted molar refractivity (Wildman–Crippen MR) is 99.3 cm³/mol. The molecule has 2 aromatic rings. The molecule has 0 unspecified atom stereocenters. The minimum Gasteiger partial charge on any atom is -0.388 e. The molecular weight excluding hydrogens is 367 g/mol. The maximum Gasteiger partial charge on any atom is 0.165 e. The maximum absolute atomic E-state index is 11.1. The first-order valence-electron chi connectivity index (χ1n) is 8.01. The van der Waals surface area contributed by atoms with Crippen LogP contribution in [0.1, 0.15) is 32.2 Å². The first-order chi connectivity index (χ1) is 11.0. The van der Waals surface area contributed by atoms with Crippen LogP contribution in [0.5, 0.6) is 0 Å². The molecule has 2 aliphatic heterocycles. The lowest BCUT2D eigenvalue weighted by Crippen LogP contribution is -2.56. The number of imidazole rings is 1. The van der Waals surface area contributed by atoms with Gasteiger partial charge in [-0.05, 0) is 32.9 Å². The van der Waals surface area contributed by atoms with E-state index >= 15 is 0 Å². The fourth-order valence-electron chi connectivity index (χ4n) is 3.94. The number of hydrogen-bond donors (Lipinski definition) is 3. The highest BCUT2D eigenvalue weighted by Crippen LogP contribution is 2.43. The van der Waals surface area contributed by atoms with Crippen LogP contribution in [0.3, 0.4) is 0 Å². The molecule has 0 saturated carbocycles. The highest BCUT2D eigenvalue weighted by atomic mass is 35.5. The van der Waals surface area contributed by atoms with Gasteiger partial charge in [0.05, 0.1) is 30.2 Å². The first-order valence-corrected chi connectivity index (χ1v) is 8.01. The molecule has 2 fully saturated rings. The van der Waals surface area contributed by atoms with E-state index < -0.39 is 5.60 Å². The van der Waals surface area contributed by atoms with Gasteiger partial charge in [-0.15, -0.1) is 24.8 Å². The van der Waals surface area contributed by atoms with Crippen molar-refractivity contribution >= 4 is 41.8 Å². The molecule has 140 valence electrons.